The molecular weight excluding hydrogens is 438 g/mol. The van der Waals surface area contributed by atoms with E-state index < -0.39 is 0 Å². The molecule has 1 unspecified atom stereocenters. The van der Waals surface area contributed by atoms with E-state index in [1.165, 1.54) is 36.6 Å². The minimum atomic E-state index is -0.0143. The summed E-state index contributed by atoms with van der Waals surface area (Å²) >= 11 is 1.38. The van der Waals surface area contributed by atoms with Gasteiger partial charge in [0.15, 0.2) is 11.0 Å². The second-order valence-corrected chi connectivity index (χ2v) is 9.18. The van der Waals surface area contributed by atoms with Crippen molar-refractivity contribution in [3.8, 4) is 17.1 Å². The number of hydrogen-bond donors (Lipinski definition) is 1. The maximum atomic E-state index is 12.7. The molecular formula is C24H31N5O3S. The standard InChI is InChI=1S/C24H31N5O3S/c1-17-20(11-14-32-17)23-26-27-24(28(23)2)33-16-22(30)25-15-21(29-12-5-4-6-13-29)18-7-9-19(31-3)10-8-18/h7-11,14,21H,4-6,12-13,15-16H2,1-3H3,(H,25,30). The molecule has 4 rings (SSSR count). The summed E-state index contributed by atoms with van der Waals surface area (Å²) in [6, 6.07) is 10.2. The molecule has 1 aliphatic rings. The molecule has 0 bridgehead atoms. The number of amides is 1. The third kappa shape index (κ3) is 5.59. The Morgan fingerprint density at radius 3 is 2.61 bits per heavy atom. The molecule has 1 aromatic carbocycles. The van der Waals surface area contributed by atoms with E-state index in [1.54, 1.807) is 13.4 Å². The van der Waals surface area contributed by atoms with Crippen LogP contribution >= 0.6 is 11.8 Å². The fourth-order valence-corrected chi connectivity index (χ4v) is 4.94. The van der Waals surface area contributed by atoms with Crippen molar-refractivity contribution in [1.82, 2.24) is 25.0 Å². The number of aromatic nitrogens is 3. The van der Waals surface area contributed by atoms with Gasteiger partial charge in [0.1, 0.15) is 11.5 Å². The van der Waals surface area contributed by atoms with Crippen LogP contribution < -0.4 is 10.1 Å². The smallest absolute Gasteiger partial charge is 0.230 e. The van der Waals surface area contributed by atoms with Crippen molar-refractivity contribution in [2.45, 2.75) is 37.4 Å². The van der Waals surface area contributed by atoms with E-state index in [1.807, 2.05) is 36.7 Å². The predicted molar refractivity (Wildman–Crippen MR) is 128 cm³/mol. The van der Waals surface area contributed by atoms with Crippen LogP contribution in [-0.2, 0) is 11.8 Å². The largest absolute Gasteiger partial charge is 0.497 e. The second kappa shape index (κ2) is 10.9. The van der Waals surface area contributed by atoms with Crippen molar-refractivity contribution in [2.75, 3.05) is 32.5 Å². The van der Waals surface area contributed by atoms with Gasteiger partial charge in [-0.1, -0.05) is 30.3 Å². The molecule has 0 radical (unpaired) electrons. The average molecular weight is 470 g/mol. The first-order valence-corrected chi connectivity index (χ1v) is 12.3. The van der Waals surface area contributed by atoms with E-state index in [2.05, 4.69) is 32.5 Å². The Morgan fingerprint density at radius 1 is 1.18 bits per heavy atom. The zero-order valence-corrected chi connectivity index (χ0v) is 20.2. The van der Waals surface area contributed by atoms with Crippen molar-refractivity contribution in [3.63, 3.8) is 0 Å². The highest BCUT2D eigenvalue weighted by Gasteiger charge is 2.23. The van der Waals surface area contributed by atoms with Crippen molar-refractivity contribution >= 4 is 17.7 Å². The van der Waals surface area contributed by atoms with Gasteiger partial charge in [0.05, 0.1) is 30.7 Å². The fraction of sp³-hybridized carbons (Fsp3) is 0.458. The predicted octanol–water partition coefficient (Wildman–Crippen LogP) is 3.83. The Kier molecular flexibility index (Phi) is 7.72. The third-order valence-electron chi connectivity index (χ3n) is 6.09. The molecule has 0 aliphatic carbocycles. The number of methoxy groups -OCH3 is 1. The van der Waals surface area contributed by atoms with E-state index in [9.17, 15) is 4.79 Å². The van der Waals surface area contributed by atoms with Gasteiger partial charge >= 0.3 is 0 Å². The molecule has 1 atom stereocenters. The summed E-state index contributed by atoms with van der Waals surface area (Å²) < 4.78 is 12.6. The number of rotatable bonds is 9. The summed E-state index contributed by atoms with van der Waals surface area (Å²) in [6.07, 6.45) is 5.30. The first kappa shape index (κ1) is 23.4. The van der Waals surface area contributed by atoms with E-state index in [0.29, 0.717) is 11.7 Å². The number of thioether (sulfide) groups is 1. The molecule has 8 nitrogen and oxygen atoms in total. The van der Waals surface area contributed by atoms with Crippen molar-refractivity contribution in [2.24, 2.45) is 7.05 Å². The number of aryl methyl sites for hydroxylation is 1. The molecule has 33 heavy (non-hydrogen) atoms. The van der Waals surface area contributed by atoms with E-state index in [4.69, 9.17) is 9.15 Å². The summed E-state index contributed by atoms with van der Waals surface area (Å²) in [6.45, 7) is 4.57. The van der Waals surface area contributed by atoms with Crippen molar-refractivity contribution in [1.29, 1.82) is 0 Å². The zero-order chi connectivity index (χ0) is 23.2. The van der Waals surface area contributed by atoms with Crippen LogP contribution in [-0.4, -0.2) is 58.1 Å². The minimum Gasteiger partial charge on any atom is -0.497 e. The number of carbonyl (C=O) groups is 1. The lowest BCUT2D eigenvalue weighted by Crippen LogP contribution is -2.41. The molecule has 2 aromatic heterocycles. The number of piperidine rings is 1. The average Bonchev–Trinajstić information content (AvgIpc) is 3.43. The monoisotopic (exact) mass is 469 g/mol. The maximum Gasteiger partial charge on any atom is 0.230 e. The Hall–Kier alpha value is -2.78. The van der Waals surface area contributed by atoms with Gasteiger partial charge in [-0.05, 0) is 56.6 Å². The van der Waals surface area contributed by atoms with Crippen LogP contribution in [0, 0.1) is 6.92 Å². The van der Waals surface area contributed by atoms with E-state index >= 15 is 0 Å². The molecule has 1 N–H and O–H groups in total. The molecule has 1 amide bonds. The van der Waals surface area contributed by atoms with Gasteiger partial charge in [-0.25, -0.2) is 0 Å². The third-order valence-corrected chi connectivity index (χ3v) is 7.11. The van der Waals surface area contributed by atoms with Crippen molar-refractivity contribution in [3.05, 3.63) is 47.9 Å². The molecule has 1 saturated heterocycles. The first-order chi connectivity index (χ1) is 16.1. The number of ether oxygens (including phenoxy) is 1. The molecule has 176 valence electrons. The molecule has 9 heteroatoms. The van der Waals surface area contributed by atoms with Crippen molar-refractivity contribution < 1.29 is 13.9 Å². The van der Waals surface area contributed by atoms with E-state index in [-0.39, 0.29) is 17.7 Å². The Labute approximate surface area is 198 Å². The zero-order valence-electron chi connectivity index (χ0n) is 19.4. The lowest BCUT2D eigenvalue weighted by molar-refractivity contribution is -0.118. The first-order valence-electron chi connectivity index (χ1n) is 11.3. The molecule has 3 heterocycles. The fourth-order valence-electron chi connectivity index (χ4n) is 4.20. The number of benzene rings is 1. The van der Waals surface area contributed by atoms with Crippen LogP contribution in [0.25, 0.3) is 11.4 Å². The van der Waals surface area contributed by atoms with Gasteiger partial charge in [0, 0.05) is 13.6 Å². The maximum absolute atomic E-state index is 12.7. The number of hydrogen-bond acceptors (Lipinski definition) is 7. The SMILES string of the molecule is COc1ccc(C(CNC(=O)CSc2nnc(-c3ccoc3C)n2C)N2CCCCC2)cc1. The number of likely N-dealkylation sites (tertiary alicyclic amines) is 1. The highest BCUT2D eigenvalue weighted by Crippen LogP contribution is 2.27. The number of nitrogens with zero attached hydrogens (tertiary/aromatic N) is 4. The van der Waals surface area contributed by atoms with Crippen LogP contribution in [0.15, 0.2) is 46.2 Å². The summed E-state index contributed by atoms with van der Waals surface area (Å²) in [5.74, 6) is 2.63. The number of furan rings is 1. The topological polar surface area (TPSA) is 85.4 Å². The summed E-state index contributed by atoms with van der Waals surface area (Å²) in [7, 11) is 3.57. The lowest BCUT2D eigenvalue weighted by atomic mass is 10.0. The number of carbonyl (C=O) groups excluding carboxylic acids is 1. The molecule has 1 fully saturated rings. The summed E-state index contributed by atoms with van der Waals surface area (Å²) in [5.41, 5.74) is 2.10. The lowest BCUT2D eigenvalue weighted by Gasteiger charge is -2.35. The summed E-state index contributed by atoms with van der Waals surface area (Å²) in [4.78, 5) is 15.2. The Balaban J connectivity index is 1.36. The summed E-state index contributed by atoms with van der Waals surface area (Å²) in [5, 5.41) is 12.4. The van der Waals surface area contributed by atoms with Gasteiger partial charge in [-0.3, -0.25) is 9.69 Å². The molecule has 3 aromatic rings. The Bertz CT molecular complexity index is 1060. The molecule has 0 saturated carbocycles. The van der Waals surface area contributed by atoms with Gasteiger partial charge in [0.25, 0.3) is 0 Å². The highest BCUT2D eigenvalue weighted by atomic mass is 32.2. The molecule has 1 aliphatic heterocycles. The molecule has 0 spiro atoms. The van der Waals surface area contributed by atoms with E-state index in [0.717, 1.165) is 36.0 Å². The highest BCUT2D eigenvalue weighted by molar-refractivity contribution is 7.99. The van der Waals surface area contributed by atoms with Crippen LogP contribution in [0.1, 0.15) is 36.6 Å². The van der Waals surface area contributed by atoms with Gasteiger partial charge in [-0.15, -0.1) is 10.2 Å². The van der Waals surface area contributed by atoms with Gasteiger partial charge in [0.2, 0.25) is 5.91 Å². The van der Waals surface area contributed by atoms with Crippen LogP contribution in [0.2, 0.25) is 0 Å². The van der Waals surface area contributed by atoms with Crippen LogP contribution in [0.5, 0.6) is 5.75 Å². The Morgan fingerprint density at radius 2 is 1.94 bits per heavy atom. The normalized spacial score (nSPS) is 15.4. The van der Waals surface area contributed by atoms with Crippen LogP contribution in [0.4, 0.5) is 0 Å². The second-order valence-electron chi connectivity index (χ2n) is 8.23. The van der Waals surface area contributed by atoms with Gasteiger partial charge in [-0.2, -0.15) is 0 Å². The van der Waals surface area contributed by atoms with Gasteiger partial charge < -0.3 is 19.0 Å². The minimum absolute atomic E-state index is 0.0143. The van der Waals surface area contributed by atoms with Crippen LogP contribution in [0.3, 0.4) is 0 Å². The quantitative estimate of drug-likeness (QED) is 0.477. The number of nitrogens with one attached hydrogen (secondary N) is 1.